The Labute approximate surface area is 148 Å². The summed E-state index contributed by atoms with van der Waals surface area (Å²) in [6.07, 6.45) is 1.57. The van der Waals surface area contributed by atoms with Gasteiger partial charge in [0, 0.05) is 38.2 Å². The Kier molecular flexibility index (Phi) is 8.89. The van der Waals surface area contributed by atoms with E-state index in [1.165, 1.54) is 24.3 Å². The Morgan fingerprint density at radius 3 is 2.71 bits per heavy atom. The molecule has 1 atom stereocenters. The number of ether oxygens (including phenoxy) is 1. The van der Waals surface area contributed by atoms with Gasteiger partial charge in [-0.25, -0.2) is 4.39 Å². The van der Waals surface area contributed by atoms with Gasteiger partial charge in [0.25, 0.3) is 0 Å². The number of ketones is 1. The van der Waals surface area contributed by atoms with Crippen molar-refractivity contribution in [3.8, 4) is 0 Å². The molecule has 1 aliphatic rings. The number of nitrogens with one attached hydrogen (secondary N) is 1. The Morgan fingerprint density at radius 1 is 1.33 bits per heavy atom. The number of likely N-dealkylation sites (tertiary alicyclic amines) is 1. The van der Waals surface area contributed by atoms with E-state index in [9.17, 15) is 14.0 Å². The smallest absolute Gasteiger partial charge is 0.236 e. The van der Waals surface area contributed by atoms with Crippen LogP contribution in [0.15, 0.2) is 24.3 Å². The van der Waals surface area contributed by atoms with Crippen LogP contribution < -0.4 is 5.32 Å². The molecular formula is C17H24ClFN2O3. The van der Waals surface area contributed by atoms with E-state index in [0.717, 1.165) is 12.8 Å². The molecule has 1 aromatic carbocycles. The molecule has 1 saturated heterocycles. The van der Waals surface area contributed by atoms with Crippen LogP contribution in [0.5, 0.6) is 0 Å². The molecule has 0 aromatic heterocycles. The predicted molar refractivity (Wildman–Crippen MR) is 92.0 cm³/mol. The van der Waals surface area contributed by atoms with Gasteiger partial charge in [0.2, 0.25) is 5.91 Å². The maximum atomic E-state index is 13.0. The fourth-order valence-corrected chi connectivity index (χ4v) is 2.75. The van der Waals surface area contributed by atoms with Crippen LogP contribution >= 0.6 is 12.4 Å². The van der Waals surface area contributed by atoms with Gasteiger partial charge in [0.15, 0.2) is 5.78 Å². The molecule has 1 fully saturated rings. The molecule has 134 valence electrons. The summed E-state index contributed by atoms with van der Waals surface area (Å²) in [5.74, 6) is -0.589. The zero-order chi connectivity index (χ0) is 16.7. The molecule has 2 rings (SSSR count). The fraction of sp³-hybridized carbons (Fsp3) is 0.529. The monoisotopic (exact) mass is 358 g/mol. The summed E-state index contributed by atoms with van der Waals surface area (Å²) in [6, 6.07) is 5.59. The van der Waals surface area contributed by atoms with Gasteiger partial charge in [-0.1, -0.05) is 0 Å². The minimum Gasteiger partial charge on any atom is -0.383 e. The topological polar surface area (TPSA) is 58.6 Å². The van der Waals surface area contributed by atoms with Gasteiger partial charge < -0.3 is 15.0 Å². The number of carbonyl (C=O) groups excluding carboxylic acids is 2. The van der Waals surface area contributed by atoms with Gasteiger partial charge in [0.1, 0.15) is 5.82 Å². The normalized spacial score (nSPS) is 17.2. The Bertz CT molecular complexity index is 539. The summed E-state index contributed by atoms with van der Waals surface area (Å²) < 4.78 is 17.9. The van der Waals surface area contributed by atoms with Crippen LogP contribution in [0.1, 0.15) is 23.2 Å². The number of carbonyl (C=O) groups is 2. The van der Waals surface area contributed by atoms with Crippen molar-refractivity contribution >= 4 is 24.1 Å². The number of amides is 1. The first-order valence-electron chi connectivity index (χ1n) is 7.89. The Balaban J connectivity index is 0.00000288. The van der Waals surface area contributed by atoms with Crippen molar-refractivity contribution in [3.05, 3.63) is 35.6 Å². The lowest BCUT2D eigenvalue weighted by molar-refractivity contribution is -0.131. The quantitative estimate of drug-likeness (QED) is 0.597. The highest BCUT2D eigenvalue weighted by Gasteiger charge is 2.28. The molecule has 1 heterocycles. The van der Waals surface area contributed by atoms with Crippen LogP contribution in [-0.2, 0) is 9.53 Å². The van der Waals surface area contributed by atoms with E-state index < -0.39 is 0 Å². The molecule has 1 N–H and O–H groups in total. The first-order chi connectivity index (χ1) is 11.1. The lowest BCUT2D eigenvalue weighted by atomic mass is 9.90. The molecule has 0 aliphatic carbocycles. The molecular weight excluding hydrogens is 335 g/mol. The van der Waals surface area contributed by atoms with Crippen LogP contribution in [-0.4, -0.2) is 56.5 Å². The second-order valence-electron chi connectivity index (χ2n) is 5.72. The second kappa shape index (κ2) is 10.4. The number of benzene rings is 1. The molecule has 0 radical (unpaired) electrons. The van der Waals surface area contributed by atoms with Crippen molar-refractivity contribution in [2.24, 2.45) is 5.92 Å². The van der Waals surface area contributed by atoms with Crippen molar-refractivity contribution in [2.75, 3.05) is 39.9 Å². The van der Waals surface area contributed by atoms with Gasteiger partial charge in [-0.05, 0) is 37.1 Å². The standard InChI is InChI=1S/C17H23FN2O3.ClH/c1-23-10-8-19-11-16(21)20-9-2-3-14(12-20)17(22)13-4-6-15(18)7-5-13;/h4-7,14,19H,2-3,8-12H2,1H3;1H. The molecule has 24 heavy (non-hydrogen) atoms. The van der Waals surface area contributed by atoms with Gasteiger partial charge in [-0.2, -0.15) is 0 Å². The number of piperidine rings is 1. The van der Waals surface area contributed by atoms with Crippen LogP contribution in [0.4, 0.5) is 4.39 Å². The molecule has 0 bridgehead atoms. The third kappa shape index (κ3) is 5.85. The van der Waals surface area contributed by atoms with Crippen molar-refractivity contribution in [1.82, 2.24) is 10.2 Å². The minimum absolute atomic E-state index is 0. The molecule has 7 heteroatoms. The number of hydrogen-bond donors (Lipinski definition) is 1. The van der Waals surface area contributed by atoms with E-state index in [4.69, 9.17) is 4.74 Å². The lowest BCUT2D eigenvalue weighted by Crippen LogP contribution is -2.46. The molecule has 1 unspecified atom stereocenters. The van der Waals surface area contributed by atoms with Crippen molar-refractivity contribution in [2.45, 2.75) is 12.8 Å². The Morgan fingerprint density at radius 2 is 2.04 bits per heavy atom. The highest BCUT2D eigenvalue weighted by Crippen LogP contribution is 2.21. The second-order valence-corrected chi connectivity index (χ2v) is 5.72. The average Bonchev–Trinajstić information content (AvgIpc) is 2.59. The summed E-state index contributed by atoms with van der Waals surface area (Å²) >= 11 is 0. The van der Waals surface area contributed by atoms with Gasteiger partial charge in [0.05, 0.1) is 13.2 Å². The molecule has 5 nitrogen and oxygen atoms in total. The first kappa shape index (κ1) is 20.5. The molecule has 1 amide bonds. The third-order valence-corrected chi connectivity index (χ3v) is 4.03. The summed E-state index contributed by atoms with van der Waals surface area (Å²) in [5, 5.41) is 3.02. The van der Waals surface area contributed by atoms with Crippen molar-refractivity contribution in [1.29, 1.82) is 0 Å². The maximum absolute atomic E-state index is 13.0. The summed E-state index contributed by atoms with van der Waals surface area (Å²) in [4.78, 5) is 26.4. The summed E-state index contributed by atoms with van der Waals surface area (Å²) in [5.41, 5.74) is 0.504. The van der Waals surface area contributed by atoms with E-state index in [1.807, 2.05) is 0 Å². The fourth-order valence-electron chi connectivity index (χ4n) is 2.75. The average molecular weight is 359 g/mol. The largest absolute Gasteiger partial charge is 0.383 e. The molecule has 1 aromatic rings. The third-order valence-electron chi connectivity index (χ3n) is 4.03. The molecule has 0 spiro atoms. The number of methoxy groups -OCH3 is 1. The van der Waals surface area contributed by atoms with E-state index in [1.54, 1.807) is 12.0 Å². The zero-order valence-electron chi connectivity index (χ0n) is 13.8. The number of nitrogens with zero attached hydrogens (tertiary/aromatic N) is 1. The first-order valence-corrected chi connectivity index (χ1v) is 7.89. The zero-order valence-corrected chi connectivity index (χ0v) is 14.6. The van der Waals surface area contributed by atoms with Crippen LogP contribution in [0.25, 0.3) is 0 Å². The predicted octanol–water partition coefficient (Wildman–Crippen LogP) is 1.90. The van der Waals surface area contributed by atoms with E-state index >= 15 is 0 Å². The van der Waals surface area contributed by atoms with Crippen molar-refractivity contribution in [3.63, 3.8) is 0 Å². The summed E-state index contributed by atoms with van der Waals surface area (Å²) in [6.45, 7) is 2.53. The number of halogens is 2. The van der Waals surface area contributed by atoms with Gasteiger partial charge in [-0.15, -0.1) is 12.4 Å². The minimum atomic E-state index is -0.357. The SMILES string of the molecule is COCCNCC(=O)N1CCCC(C(=O)c2ccc(F)cc2)C1.Cl. The number of Topliss-reactive ketones (excluding diaryl/α,β-unsaturated/α-hetero) is 1. The van der Waals surface area contributed by atoms with Crippen molar-refractivity contribution < 1.29 is 18.7 Å². The highest BCUT2D eigenvalue weighted by atomic mass is 35.5. The lowest BCUT2D eigenvalue weighted by Gasteiger charge is -2.32. The van der Waals surface area contributed by atoms with E-state index in [0.29, 0.717) is 31.8 Å². The maximum Gasteiger partial charge on any atom is 0.236 e. The van der Waals surface area contributed by atoms with Crippen LogP contribution in [0.2, 0.25) is 0 Å². The number of rotatable bonds is 7. The molecule has 1 aliphatic heterocycles. The van der Waals surface area contributed by atoms with Crippen LogP contribution in [0.3, 0.4) is 0 Å². The van der Waals surface area contributed by atoms with E-state index in [2.05, 4.69) is 5.32 Å². The summed E-state index contributed by atoms with van der Waals surface area (Å²) in [7, 11) is 1.61. The molecule has 0 saturated carbocycles. The Hall–Kier alpha value is -1.50. The van der Waals surface area contributed by atoms with E-state index in [-0.39, 0.29) is 42.4 Å². The van der Waals surface area contributed by atoms with Gasteiger partial charge >= 0.3 is 0 Å². The number of hydrogen-bond acceptors (Lipinski definition) is 4. The van der Waals surface area contributed by atoms with Gasteiger partial charge in [-0.3, -0.25) is 9.59 Å². The van der Waals surface area contributed by atoms with Crippen LogP contribution in [0, 0.1) is 11.7 Å². The highest BCUT2D eigenvalue weighted by molar-refractivity contribution is 5.98.